The second-order valence-corrected chi connectivity index (χ2v) is 5.80. The molecule has 0 aliphatic carbocycles. The Morgan fingerprint density at radius 1 is 1.62 bits per heavy atom. The maximum absolute atomic E-state index is 11.2. The zero-order valence-corrected chi connectivity index (χ0v) is 13.5. The lowest BCUT2D eigenvalue weighted by Gasteiger charge is -2.27. The van der Waals surface area contributed by atoms with E-state index in [4.69, 9.17) is 4.74 Å². The molecule has 0 heterocycles. The summed E-state index contributed by atoms with van der Waals surface area (Å²) in [6.45, 7) is 3.20. The second-order valence-electron chi connectivity index (χ2n) is 4.89. The van der Waals surface area contributed by atoms with E-state index in [2.05, 4.69) is 21.2 Å². The van der Waals surface area contributed by atoms with E-state index in [-0.39, 0.29) is 17.9 Å². The molecule has 0 aliphatic rings. The van der Waals surface area contributed by atoms with Gasteiger partial charge in [0.15, 0.2) is 5.75 Å². The number of carbonyl (C=O) groups is 1. The second kappa shape index (κ2) is 6.86. The molecule has 116 valence electrons. The minimum atomic E-state index is -1.16. The number of hydrogen-bond acceptors (Lipinski definition) is 5. The maximum Gasteiger partial charge on any atom is 0.323 e. The molecule has 1 aromatic rings. The van der Waals surface area contributed by atoms with Gasteiger partial charge in [-0.15, -0.1) is 0 Å². The van der Waals surface area contributed by atoms with Crippen LogP contribution in [0.3, 0.4) is 0 Å². The zero-order valence-electron chi connectivity index (χ0n) is 11.9. The van der Waals surface area contributed by atoms with Crippen LogP contribution in [0.5, 0.6) is 5.75 Å². The predicted octanol–water partition coefficient (Wildman–Crippen LogP) is 2.58. The number of nitro groups is 1. The van der Waals surface area contributed by atoms with Crippen molar-refractivity contribution in [3.8, 4) is 5.75 Å². The van der Waals surface area contributed by atoms with Gasteiger partial charge in [-0.3, -0.25) is 14.9 Å². The Morgan fingerprint density at radius 3 is 2.71 bits per heavy atom. The Morgan fingerprint density at radius 2 is 2.24 bits per heavy atom. The summed E-state index contributed by atoms with van der Waals surface area (Å²) >= 11 is 3.16. The van der Waals surface area contributed by atoms with Crippen LogP contribution in [0.4, 0.5) is 5.69 Å². The van der Waals surface area contributed by atoms with Crippen LogP contribution in [-0.2, 0) is 4.79 Å². The fourth-order valence-electron chi connectivity index (χ4n) is 1.86. The molecule has 2 atom stereocenters. The summed E-state index contributed by atoms with van der Waals surface area (Å²) in [4.78, 5) is 21.7. The summed E-state index contributed by atoms with van der Waals surface area (Å²) in [5.41, 5.74) is -1.33. The highest BCUT2D eigenvalue weighted by Gasteiger charge is 2.34. The van der Waals surface area contributed by atoms with Gasteiger partial charge in [-0.2, -0.15) is 0 Å². The number of carboxylic acids is 1. The molecule has 1 aromatic carbocycles. The summed E-state index contributed by atoms with van der Waals surface area (Å²) < 4.78 is 6.11. The number of likely N-dealkylation sites (N-methyl/N-ethyl adjacent to an activating group) is 1. The third-order valence-corrected chi connectivity index (χ3v) is 3.66. The van der Waals surface area contributed by atoms with Crippen LogP contribution in [0.2, 0.25) is 0 Å². The van der Waals surface area contributed by atoms with Gasteiger partial charge in [0.25, 0.3) is 0 Å². The molecule has 0 radical (unpaired) electrons. The van der Waals surface area contributed by atoms with Crippen LogP contribution in [0.25, 0.3) is 0 Å². The molecule has 0 spiro atoms. The van der Waals surface area contributed by atoms with Gasteiger partial charge in [-0.25, -0.2) is 0 Å². The summed E-state index contributed by atoms with van der Waals surface area (Å²) in [5, 5.41) is 22.9. The number of nitrogens with zero attached hydrogens (tertiary/aromatic N) is 1. The number of nitro benzene ring substituents is 1. The number of halogens is 1. The monoisotopic (exact) mass is 360 g/mol. The average molecular weight is 361 g/mol. The molecular formula is C13H17BrN2O5. The van der Waals surface area contributed by atoms with Crippen LogP contribution in [-0.4, -0.2) is 34.7 Å². The molecule has 1 rings (SSSR count). The van der Waals surface area contributed by atoms with Crippen molar-refractivity contribution in [2.45, 2.75) is 31.9 Å². The lowest BCUT2D eigenvalue weighted by atomic mass is 9.95. The van der Waals surface area contributed by atoms with E-state index in [1.165, 1.54) is 19.1 Å². The molecule has 0 aliphatic heterocycles. The predicted molar refractivity (Wildman–Crippen MR) is 80.6 cm³/mol. The molecule has 2 N–H and O–H groups in total. The Kier molecular flexibility index (Phi) is 5.68. The largest absolute Gasteiger partial charge is 0.484 e. The van der Waals surface area contributed by atoms with Gasteiger partial charge in [0, 0.05) is 17.0 Å². The third kappa shape index (κ3) is 4.40. The van der Waals surface area contributed by atoms with E-state index in [0.717, 1.165) is 0 Å². The SMILES string of the molecule is CNC(C)(CC(C)Oc1ccc(Br)cc1[N+](=O)[O-])C(=O)O. The molecule has 0 aromatic heterocycles. The average Bonchev–Trinajstić information content (AvgIpc) is 2.40. The Hall–Kier alpha value is -1.67. The smallest absolute Gasteiger partial charge is 0.323 e. The Bertz CT molecular complexity index is 551. The third-order valence-electron chi connectivity index (χ3n) is 3.17. The van der Waals surface area contributed by atoms with E-state index < -0.39 is 22.5 Å². The van der Waals surface area contributed by atoms with Gasteiger partial charge in [0.05, 0.1) is 11.0 Å². The van der Waals surface area contributed by atoms with Gasteiger partial charge in [0.2, 0.25) is 0 Å². The number of aliphatic carboxylic acids is 1. The van der Waals surface area contributed by atoms with E-state index in [1.54, 1.807) is 20.0 Å². The first-order valence-corrected chi connectivity index (χ1v) is 7.02. The van der Waals surface area contributed by atoms with E-state index in [9.17, 15) is 20.0 Å². The number of nitrogens with one attached hydrogen (secondary N) is 1. The van der Waals surface area contributed by atoms with Crippen molar-refractivity contribution in [3.05, 3.63) is 32.8 Å². The molecule has 7 nitrogen and oxygen atoms in total. The van der Waals surface area contributed by atoms with Crippen molar-refractivity contribution in [3.63, 3.8) is 0 Å². The van der Waals surface area contributed by atoms with Crippen LogP contribution >= 0.6 is 15.9 Å². The lowest BCUT2D eigenvalue weighted by Crippen LogP contribution is -2.50. The Labute approximate surface area is 130 Å². The number of carboxylic acid groups (broad SMARTS) is 1. The first-order chi connectivity index (χ1) is 9.69. The van der Waals surface area contributed by atoms with Crippen LogP contribution in [0.15, 0.2) is 22.7 Å². The molecule has 0 amide bonds. The summed E-state index contributed by atoms with van der Waals surface area (Å²) in [6, 6.07) is 4.45. The highest BCUT2D eigenvalue weighted by Crippen LogP contribution is 2.31. The quantitative estimate of drug-likeness (QED) is 0.572. The van der Waals surface area contributed by atoms with Crippen LogP contribution < -0.4 is 10.1 Å². The molecule has 0 fully saturated rings. The minimum Gasteiger partial charge on any atom is -0.484 e. The molecule has 21 heavy (non-hydrogen) atoms. The summed E-state index contributed by atoms with van der Waals surface area (Å²) in [5.74, 6) is -0.898. The molecule has 0 bridgehead atoms. The van der Waals surface area contributed by atoms with Gasteiger partial charge < -0.3 is 15.2 Å². The minimum absolute atomic E-state index is 0.111. The molecule has 0 saturated heterocycles. The molecule has 8 heteroatoms. The lowest BCUT2D eigenvalue weighted by molar-refractivity contribution is -0.386. The fourth-order valence-corrected chi connectivity index (χ4v) is 2.21. The normalized spacial score (nSPS) is 15.0. The summed E-state index contributed by atoms with van der Waals surface area (Å²) in [7, 11) is 1.54. The number of ether oxygens (including phenoxy) is 1. The van der Waals surface area contributed by atoms with Gasteiger partial charge in [0.1, 0.15) is 5.54 Å². The first kappa shape index (κ1) is 17.4. The van der Waals surface area contributed by atoms with Crippen LogP contribution in [0.1, 0.15) is 20.3 Å². The number of hydrogen-bond donors (Lipinski definition) is 2. The number of rotatable bonds is 7. The zero-order chi connectivity index (χ0) is 16.2. The highest BCUT2D eigenvalue weighted by atomic mass is 79.9. The van der Waals surface area contributed by atoms with Gasteiger partial charge in [-0.05, 0) is 33.0 Å². The molecular weight excluding hydrogens is 344 g/mol. The first-order valence-electron chi connectivity index (χ1n) is 6.22. The van der Waals surface area contributed by atoms with Crippen molar-refractivity contribution >= 4 is 27.6 Å². The maximum atomic E-state index is 11.2. The fraction of sp³-hybridized carbons (Fsp3) is 0.462. The van der Waals surface area contributed by atoms with Gasteiger partial charge in [-0.1, -0.05) is 15.9 Å². The standard InChI is InChI=1S/C13H17BrN2O5/c1-8(7-13(2,15-3)12(17)18)21-11-5-4-9(14)6-10(11)16(19)20/h4-6,8,15H,7H2,1-3H3,(H,17,18). The van der Waals surface area contributed by atoms with Crippen LogP contribution in [0, 0.1) is 10.1 Å². The molecule has 2 unspecified atom stereocenters. The van der Waals surface area contributed by atoms with Crippen molar-refractivity contribution in [2.24, 2.45) is 0 Å². The number of benzene rings is 1. The van der Waals surface area contributed by atoms with E-state index in [0.29, 0.717) is 4.47 Å². The highest BCUT2D eigenvalue weighted by molar-refractivity contribution is 9.10. The van der Waals surface area contributed by atoms with Crippen molar-refractivity contribution in [1.82, 2.24) is 5.32 Å². The Balaban J connectivity index is 2.91. The summed E-state index contributed by atoms with van der Waals surface area (Å²) in [6.07, 6.45) is -0.357. The van der Waals surface area contributed by atoms with Gasteiger partial charge >= 0.3 is 11.7 Å². The van der Waals surface area contributed by atoms with Crippen molar-refractivity contribution in [2.75, 3.05) is 7.05 Å². The van der Waals surface area contributed by atoms with E-state index in [1.807, 2.05) is 0 Å². The van der Waals surface area contributed by atoms with E-state index >= 15 is 0 Å². The topological polar surface area (TPSA) is 102 Å². The van der Waals surface area contributed by atoms with Crippen molar-refractivity contribution < 1.29 is 19.6 Å². The van der Waals surface area contributed by atoms with Crippen molar-refractivity contribution in [1.29, 1.82) is 0 Å². The molecule has 0 saturated carbocycles.